The lowest BCUT2D eigenvalue weighted by molar-refractivity contribution is 0.0601. The zero-order valence-electron chi connectivity index (χ0n) is 11.6. The maximum absolute atomic E-state index is 11.7. The summed E-state index contributed by atoms with van der Waals surface area (Å²) in [7, 11) is 1.31. The minimum Gasteiger partial charge on any atom is -0.465 e. The number of ether oxygens (including phenoxy) is 1. The number of aromatic nitrogens is 2. The zero-order chi connectivity index (χ0) is 14.7. The lowest BCUT2D eigenvalue weighted by Gasteiger charge is -2.12. The van der Waals surface area contributed by atoms with Gasteiger partial charge in [-0.15, -0.1) is 0 Å². The molecular formula is C14H16N4O2. The van der Waals surface area contributed by atoms with E-state index in [4.69, 9.17) is 10.5 Å². The second-order valence-corrected chi connectivity index (χ2v) is 4.37. The predicted molar refractivity (Wildman–Crippen MR) is 77.0 cm³/mol. The number of carbonyl (C=O) groups excluding carboxylic acids is 1. The number of rotatable bonds is 3. The van der Waals surface area contributed by atoms with Gasteiger partial charge < -0.3 is 15.8 Å². The van der Waals surface area contributed by atoms with Crippen molar-refractivity contribution in [3.8, 4) is 0 Å². The summed E-state index contributed by atoms with van der Waals surface area (Å²) in [5.41, 5.74) is 8.85. The van der Waals surface area contributed by atoms with Gasteiger partial charge >= 0.3 is 5.97 Å². The molecule has 0 radical (unpaired) electrons. The van der Waals surface area contributed by atoms with E-state index >= 15 is 0 Å². The highest BCUT2D eigenvalue weighted by molar-refractivity contribution is 5.96. The van der Waals surface area contributed by atoms with Crippen molar-refractivity contribution in [3.63, 3.8) is 0 Å². The Kier molecular flexibility index (Phi) is 3.84. The molecule has 0 saturated heterocycles. The molecule has 0 aromatic carbocycles. The van der Waals surface area contributed by atoms with E-state index in [1.807, 2.05) is 26.0 Å². The molecule has 20 heavy (non-hydrogen) atoms. The molecular weight excluding hydrogens is 256 g/mol. The summed E-state index contributed by atoms with van der Waals surface area (Å²) in [4.78, 5) is 20.2. The Morgan fingerprint density at radius 2 is 2.10 bits per heavy atom. The Morgan fingerprint density at radius 1 is 1.35 bits per heavy atom. The molecule has 0 saturated carbocycles. The minimum absolute atomic E-state index is 0.285. The quantitative estimate of drug-likeness (QED) is 0.832. The van der Waals surface area contributed by atoms with Gasteiger partial charge in [-0.2, -0.15) is 0 Å². The molecule has 2 aromatic heterocycles. The molecule has 0 fully saturated rings. The molecule has 0 unspecified atom stereocenters. The van der Waals surface area contributed by atoms with Crippen molar-refractivity contribution in [2.45, 2.75) is 13.8 Å². The molecule has 0 bridgehead atoms. The molecule has 0 spiro atoms. The van der Waals surface area contributed by atoms with Crippen LogP contribution in [0.5, 0.6) is 0 Å². The van der Waals surface area contributed by atoms with Crippen LogP contribution in [0.2, 0.25) is 0 Å². The number of nitrogens with one attached hydrogen (secondary N) is 1. The van der Waals surface area contributed by atoms with E-state index in [1.54, 1.807) is 0 Å². The summed E-state index contributed by atoms with van der Waals surface area (Å²) < 4.78 is 4.73. The highest BCUT2D eigenvalue weighted by atomic mass is 16.5. The molecule has 104 valence electrons. The van der Waals surface area contributed by atoms with Crippen LogP contribution in [0.1, 0.15) is 21.7 Å². The fourth-order valence-corrected chi connectivity index (χ4v) is 1.79. The van der Waals surface area contributed by atoms with Crippen molar-refractivity contribution in [1.29, 1.82) is 0 Å². The van der Waals surface area contributed by atoms with Crippen molar-refractivity contribution in [1.82, 2.24) is 9.97 Å². The average molecular weight is 272 g/mol. The number of nitrogen functional groups attached to an aromatic ring is 1. The topological polar surface area (TPSA) is 90.1 Å². The van der Waals surface area contributed by atoms with E-state index in [0.717, 1.165) is 17.1 Å². The van der Waals surface area contributed by atoms with Crippen LogP contribution in [-0.2, 0) is 4.74 Å². The van der Waals surface area contributed by atoms with Gasteiger partial charge in [0.2, 0.25) is 0 Å². The number of hydrogen-bond donors (Lipinski definition) is 2. The molecule has 2 aromatic rings. The maximum Gasteiger partial charge on any atom is 0.341 e. The van der Waals surface area contributed by atoms with Gasteiger partial charge in [-0.3, -0.25) is 4.98 Å². The van der Waals surface area contributed by atoms with Gasteiger partial charge in [0, 0.05) is 5.69 Å². The van der Waals surface area contributed by atoms with Crippen LogP contribution in [0.15, 0.2) is 24.4 Å². The number of esters is 1. The van der Waals surface area contributed by atoms with Gasteiger partial charge in [-0.25, -0.2) is 9.78 Å². The Hall–Kier alpha value is -2.63. The van der Waals surface area contributed by atoms with Crippen molar-refractivity contribution in [2.24, 2.45) is 0 Å². The minimum atomic E-state index is -0.495. The summed E-state index contributed by atoms with van der Waals surface area (Å²) in [5, 5.41) is 3.08. The number of aryl methyl sites for hydroxylation is 2. The van der Waals surface area contributed by atoms with E-state index in [9.17, 15) is 4.79 Å². The Labute approximate surface area is 117 Å². The monoisotopic (exact) mass is 272 g/mol. The summed E-state index contributed by atoms with van der Waals surface area (Å²) in [6, 6.07) is 5.29. The third kappa shape index (κ3) is 2.85. The van der Waals surface area contributed by atoms with Crippen LogP contribution < -0.4 is 11.1 Å². The van der Waals surface area contributed by atoms with E-state index < -0.39 is 5.97 Å². The fourth-order valence-electron chi connectivity index (χ4n) is 1.79. The van der Waals surface area contributed by atoms with Crippen LogP contribution in [0.4, 0.5) is 17.2 Å². The first kappa shape index (κ1) is 13.8. The number of pyridine rings is 2. The summed E-state index contributed by atoms with van der Waals surface area (Å²) in [6.45, 7) is 3.79. The Bertz CT molecular complexity index is 656. The molecule has 2 heterocycles. The van der Waals surface area contributed by atoms with Gasteiger partial charge in [-0.1, -0.05) is 0 Å². The normalized spacial score (nSPS) is 10.2. The standard InChI is InChI=1S/C14H16N4O2/c1-8-4-5-12(9(2)17-8)18-13-11(14(19)20-3)6-10(15)7-16-13/h4-7H,15H2,1-3H3,(H,16,18). The number of nitrogens with two attached hydrogens (primary N) is 1. The van der Waals surface area contributed by atoms with Gasteiger partial charge in [-0.05, 0) is 32.0 Å². The van der Waals surface area contributed by atoms with Crippen LogP contribution >= 0.6 is 0 Å². The highest BCUT2D eigenvalue weighted by Crippen LogP contribution is 2.23. The molecule has 2 rings (SSSR count). The van der Waals surface area contributed by atoms with Crippen molar-refractivity contribution < 1.29 is 9.53 Å². The second-order valence-electron chi connectivity index (χ2n) is 4.37. The summed E-state index contributed by atoms with van der Waals surface area (Å²) in [6.07, 6.45) is 1.48. The number of methoxy groups -OCH3 is 1. The molecule has 3 N–H and O–H groups in total. The van der Waals surface area contributed by atoms with Crippen molar-refractivity contribution in [2.75, 3.05) is 18.2 Å². The second kappa shape index (κ2) is 5.56. The SMILES string of the molecule is COC(=O)c1cc(N)cnc1Nc1ccc(C)nc1C. The number of nitrogens with zero attached hydrogens (tertiary/aromatic N) is 2. The Balaban J connectivity index is 2.40. The highest BCUT2D eigenvalue weighted by Gasteiger charge is 2.14. The zero-order valence-corrected chi connectivity index (χ0v) is 11.6. The fraction of sp³-hybridized carbons (Fsp3) is 0.214. The van der Waals surface area contributed by atoms with Crippen LogP contribution in [0.3, 0.4) is 0 Å². The van der Waals surface area contributed by atoms with Crippen molar-refractivity contribution >= 4 is 23.2 Å². The molecule has 6 nitrogen and oxygen atoms in total. The van der Waals surface area contributed by atoms with E-state index in [2.05, 4.69) is 15.3 Å². The van der Waals surface area contributed by atoms with Gasteiger partial charge in [0.05, 0.1) is 30.4 Å². The van der Waals surface area contributed by atoms with Crippen LogP contribution in [0.25, 0.3) is 0 Å². The van der Waals surface area contributed by atoms with Gasteiger partial charge in [0.1, 0.15) is 11.4 Å². The largest absolute Gasteiger partial charge is 0.465 e. The first-order valence-corrected chi connectivity index (χ1v) is 6.06. The summed E-state index contributed by atoms with van der Waals surface area (Å²) >= 11 is 0. The third-order valence-corrected chi connectivity index (χ3v) is 2.79. The van der Waals surface area contributed by atoms with Crippen molar-refractivity contribution in [3.05, 3.63) is 41.3 Å². The number of carbonyl (C=O) groups is 1. The maximum atomic E-state index is 11.7. The molecule has 0 amide bonds. The van der Waals surface area contributed by atoms with Crippen LogP contribution in [-0.4, -0.2) is 23.0 Å². The molecule has 6 heteroatoms. The Morgan fingerprint density at radius 3 is 2.75 bits per heavy atom. The van der Waals surface area contributed by atoms with E-state index in [1.165, 1.54) is 19.4 Å². The van der Waals surface area contributed by atoms with E-state index in [-0.39, 0.29) is 5.56 Å². The van der Waals surface area contributed by atoms with Gasteiger partial charge in [0.15, 0.2) is 0 Å². The molecule has 0 aliphatic heterocycles. The smallest absolute Gasteiger partial charge is 0.341 e. The lowest BCUT2D eigenvalue weighted by atomic mass is 10.2. The molecule has 0 atom stereocenters. The van der Waals surface area contributed by atoms with Gasteiger partial charge in [0.25, 0.3) is 0 Å². The van der Waals surface area contributed by atoms with E-state index in [0.29, 0.717) is 11.5 Å². The lowest BCUT2D eigenvalue weighted by Crippen LogP contribution is -2.09. The third-order valence-electron chi connectivity index (χ3n) is 2.79. The predicted octanol–water partition coefficient (Wildman–Crippen LogP) is 2.21. The number of hydrogen-bond acceptors (Lipinski definition) is 6. The summed E-state index contributed by atoms with van der Waals surface area (Å²) in [5.74, 6) is -0.107. The first-order chi connectivity index (χ1) is 9.51. The average Bonchev–Trinajstić information content (AvgIpc) is 2.42. The molecule has 0 aliphatic carbocycles. The number of anilines is 3. The van der Waals surface area contributed by atoms with Crippen LogP contribution in [0, 0.1) is 13.8 Å². The first-order valence-electron chi connectivity index (χ1n) is 6.06. The molecule has 0 aliphatic rings.